The Kier molecular flexibility index (Phi) is 2.47. The summed E-state index contributed by atoms with van der Waals surface area (Å²) in [7, 11) is 0. The van der Waals surface area contributed by atoms with E-state index in [0.717, 1.165) is 44.8 Å². The highest BCUT2D eigenvalue weighted by atomic mass is 16.1. The largest absolute Gasteiger partial charge is 0.303 e. The van der Waals surface area contributed by atoms with Crippen molar-refractivity contribution in [1.29, 1.82) is 0 Å². The fourth-order valence-corrected chi connectivity index (χ4v) is 2.87. The second kappa shape index (κ2) is 3.60. The van der Waals surface area contributed by atoms with Gasteiger partial charge in [-0.2, -0.15) is 0 Å². The predicted octanol–water partition coefficient (Wildman–Crippen LogP) is 1.97. The number of Topliss-reactive ketones (excluding diaryl/α,β-unsaturated/α-hetero) is 1. The summed E-state index contributed by atoms with van der Waals surface area (Å²) < 4.78 is 0. The van der Waals surface area contributed by atoms with E-state index in [4.69, 9.17) is 0 Å². The first-order valence-electron chi connectivity index (χ1n) is 5.32. The summed E-state index contributed by atoms with van der Waals surface area (Å²) in [6.45, 7) is 0. The molecule has 2 fully saturated rings. The molecular formula is C11H16O2. The minimum Gasteiger partial charge on any atom is -0.303 e. The van der Waals surface area contributed by atoms with Crippen LogP contribution in [0.2, 0.25) is 0 Å². The maximum atomic E-state index is 11.8. The van der Waals surface area contributed by atoms with Crippen molar-refractivity contribution in [2.24, 2.45) is 17.8 Å². The molecule has 0 aromatic heterocycles. The average Bonchev–Trinajstić information content (AvgIpc) is 2.30. The number of carbonyl (C=O) groups excluding carboxylic acids is 2. The fourth-order valence-electron chi connectivity index (χ4n) is 2.87. The molecule has 0 aromatic rings. The molecule has 1 atom stereocenters. The van der Waals surface area contributed by atoms with Gasteiger partial charge in [-0.25, -0.2) is 0 Å². The van der Waals surface area contributed by atoms with Crippen LogP contribution in [0.5, 0.6) is 0 Å². The van der Waals surface area contributed by atoms with E-state index < -0.39 is 0 Å². The van der Waals surface area contributed by atoms with Gasteiger partial charge in [-0.15, -0.1) is 0 Å². The molecule has 2 nitrogen and oxygen atoms in total. The minimum absolute atomic E-state index is 0.211. The van der Waals surface area contributed by atoms with Crippen LogP contribution in [-0.4, -0.2) is 12.1 Å². The summed E-state index contributed by atoms with van der Waals surface area (Å²) >= 11 is 0. The predicted molar refractivity (Wildman–Crippen MR) is 49.2 cm³/mol. The molecule has 2 saturated carbocycles. The smallest absolute Gasteiger partial charge is 0.146 e. The Morgan fingerprint density at radius 2 is 1.69 bits per heavy atom. The lowest BCUT2D eigenvalue weighted by Crippen LogP contribution is -2.25. The third-order valence-electron chi connectivity index (χ3n) is 3.64. The van der Waals surface area contributed by atoms with Crippen molar-refractivity contribution in [2.45, 2.75) is 38.5 Å². The van der Waals surface area contributed by atoms with Crippen molar-refractivity contribution in [3.63, 3.8) is 0 Å². The molecule has 2 aliphatic rings. The Labute approximate surface area is 78.7 Å². The van der Waals surface area contributed by atoms with Gasteiger partial charge in [0.25, 0.3) is 0 Å². The molecule has 0 amide bonds. The first-order valence-corrected chi connectivity index (χ1v) is 5.32. The lowest BCUT2D eigenvalue weighted by molar-refractivity contribution is -0.131. The minimum atomic E-state index is -0.255. The van der Waals surface area contributed by atoms with E-state index >= 15 is 0 Å². The van der Waals surface area contributed by atoms with E-state index in [1.165, 1.54) is 0 Å². The monoisotopic (exact) mass is 180 g/mol. The SMILES string of the molecule is O=CC1C(=O)C2CCCC1CCC2. The summed E-state index contributed by atoms with van der Waals surface area (Å²) in [4.78, 5) is 22.7. The second-order valence-electron chi connectivity index (χ2n) is 4.38. The Morgan fingerprint density at radius 3 is 2.23 bits per heavy atom. The van der Waals surface area contributed by atoms with Gasteiger partial charge in [0, 0.05) is 5.92 Å². The van der Waals surface area contributed by atoms with Gasteiger partial charge in [0.05, 0.1) is 5.92 Å². The van der Waals surface area contributed by atoms with Crippen molar-refractivity contribution >= 4 is 12.1 Å². The van der Waals surface area contributed by atoms with Crippen molar-refractivity contribution in [2.75, 3.05) is 0 Å². The summed E-state index contributed by atoms with van der Waals surface area (Å²) in [6, 6.07) is 0. The molecule has 2 bridgehead atoms. The summed E-state index contributed by atoms with van der Waals surface area (Å²) in [5.41, 5.74) is 0. The molecule has 0 saturated heterocycles. The molecule has 1 unspecified atom stereocenters. The number of rotatable bonds is 1. The van der Waals surface area contributed by atoms with Gasteiger partial charge in [0.1, 0.15) is 12.1 Å². The van der Waals surface area contributed by atoms with Gasteiger partial charge < -0.3 is 4.79 Å². The number of carbonyl (C=O) groups is 2. The zero-order chi connectivity index (χ0) is 9.26. The van der Waals surface area contributed by atoms with Crippen LogP contribution >= 0.6 is 0 Å². The van der Waals surface area contributed by atoms with Crippen LogP contribution in [0.25, 0.3) is 0 Å². The fraction of sp³-hybridized carbons (Fsp3) is 0.818. The standard InChI is InChI=1S/C11H16O2/c12-7-10-8-3-1-5-9(11(10)13)6-2-4-8/h7-10H,1-6H2. The molecule has 0 aliphatic heterocycles. The lowest BCUT2D eigenvalue weighted by Gasteiger charge is -2.16. The van der Waals surface area contributed by atoms with E-state index in [1.807, 2.05) is 0 Å². The number of fused-ring (bicyclic) bond motifs is 3. The summed E-state index contributed by atoms with van der Waals surface area (Å²) in [5.74, 6) is 0.574. The first kappa shape index (κ1) is 8.92. The van der Waals surface area contributed by atoms with Crippen molar-refractivity contribution < 1.29 is 9.59 Å². The maximum absolute atomic E-state index is 11.8. The first-order chi connectivity index (χ1) is 6.33. The average molecular weight is 180 g/mol. The van der Waals surface area contributed by atoms with Crippen LogP contribution < -0.4 is 0 Å². The topological polar surface area (TPSA) is 34.1 Å². The number of hydrogen-bond acceptors (Lipinski definition) is 2. The maximum Gasteiger partial charge on any atom is 0.146 e. The van der Waals surface area contributed by atoms with Gasteiger partial charge in [0.2, 0.25) is 0 Å². The molecule has 72 valence electrons. The normalized spacial score (nSPS) is 39.7. The highest BCUT2D eigenvalue weighted by molar-refractivity contribution is 5.95. The Balaban J connectivity index is 2.26. The zero-order valence-corrected chi connectivity index (χ0v) is 7.87. The Morgan fingerprint density at radius 1 is 1.08 bits per heavy atom. The van der Waals surface area contributed by atoms with Gasteiger partial charge in [0.15, 0.2) is 0 Å². The van der Waals surface area contributed by atoms with Gasteiger partial charge in [-0.1, -0.05) is 12.8 Å². The molecule has 2 rings (SSSR count). The van der Waals surface area contributed by atoms with Crippen LogP contribution in [-0.2, 0) is 9.59 Å². The van der Waals surface area contributed by atoms with E-state index in [0.29, 0.717) is 5.92 Å². The molecule has 0 heterocycles. The lowest BCUT2D eigenvalue weighted by atomic mass is 9.86. The van der Waals surface area contributed by atoms with Gasteiger partial charge in [-0.05, 0) is 31.6 Å². The Hall–Kier alpha value is -0.660. The van der Waals surface area contributed by atoms with E-state index in [9.17, 15) is 9.59 Å². The summed E-state index contributed by atoms with van der Waals surface area (Å²) in [6.07, 6.45) is 7.42. The van der Waals surface area contributed by atoms with Crippen LogP contribution in [0.4, 0.5) is 0 Å². The van der Waals surface area contributed by atoms with E-state index in [2.05, 4.69) is 0 Å². The third-order valence-corrected chi connectivity index (χ3v) is 3.64. The molecule has 13 heavy (non-hydrogen) atoms. The quantitative estimate of drug-likeness (QED) is 0.456. The van der Waals surface area contributed by atoms with E-state index in [-0.39, 0.29) is 17.6 Å². The molecule has 2 aliphatic carbocycles. The molecule has 0 radical (unpaired) electrons. The van der Waals surface area contributed by atoms with Crippen LogP contribution in [0, 0.1) is 17.8 Å². The second-order valence-corrected chi connectivity index (χ2v) is 4.38. The third kappa shape index (κ3) is 1.54. The van der Waals surface area contributed by atoms with Crippen LogP contribution in [0.3, 0.4) is 0 Å². The number of aldehydes is 1. The molecule has 2 heteroatoms. The molecule has 0 N–H and O–H groups in total. The van der Waals surface area contributed by atoms with Crippen molar-refractivity contribution in [1.82, 2.24) is 0 Å². The zero-order valence-electron chi connectivity index (χ0n) is 7.87. The molecular weight excluding hydrogens is 164 g/mol. The van der Waals surface area contributed by atoms with Crippen LogP contribution in [0.1, 0.15) is 38.5 Å². The highest BCUT2D eigenvalue weighted by Crippen LogP contribution is 2.37. The van der Waals surface area contributed by atoms with E-state index in [1.54, 1.807) is 0 Å². The van der Waals surface area contributed by atoms with Crippen molar-refractivity contribution in [3.05, 3.63) is 0 Å². The van der Waals surface area contributed by atoms with Gasteiger partial charge in [-0.3, -0.25) is 4.79 Å². The van der Waals surface area contributed by atoms with Crippen molar-refractivity contribution in [3.8, 4) is 0 Å². The Bertz CT molecular complexity index is 212. The molecule has 0 aromatic carbocycles. The number of hydrogen-bond donors (Lipinski definition) is 0. The molecule has 0 spiro atoms. The number of ketones is 1. The van der Waals surface area contributed by atoms with Crippen LogP contribution in [0.15, 0.2) is 0 Å². The summed E-state index contributed by atoms with van der Waals surface area (Å²) in [5, 5.41) is 0. The van der Waals surface area contributed by atoms with Gasteiger partial charge >= 0.3 is 0 Å². The highest BCUT2D eigenvalue weighted by Gasteiger charge is 2.37.